The number of nitrogens with one attached hydrogen (secondary N) is 1. The molecule has 0 saturated heterocycles. The molecular formula is C21H21FN4O5S. The molecule has 0 bridgehead atoms. The summed E-state index contributed by atoms with van der Waals surface area (Å²) in [7, 11) is -2.80. The number of aliphatic hydroxyl groups excluding tert-OH is 1. The van der Waals surface area contributed by atoms with Gasteiger partial charge in [-0.2, -0.15) is 5.26 Å². The zero-order valence-electron chi connectivity index (χ0n) is 17.1. The number of hydrogen-bond acceptors (Lipinski definition) is 6. The standard InChI is InChI=1S/C21H21FN4O5S/c1-26-12-18(32(24,29)30)20(31-9-8-16(27)6-4-13-2-3-13)19(26)21(28)25-15-5-7-17(22)14(10-15)11-23/h5,7,10,12-13,16,27H,2-3,8-9H2,1H3,(H,25,28)(H2,24,29,30). The van der Waals surface area contributed by atoms with E-state index in [0.717, 1.165) is 31.2 Å². The normalized spacial score (nSPS) is 14.1. The van der Waals surface area contributed by atoms with Crippen molar-refractivity contribution in [1.29, 1.82) is 5.26 Å². The highest BCUT2D eigenvalue weighted by Crippen LogP contribution is 2.31. The molecule has 1 fully saturated rings. The fraction of sp³-hybridized carbons (Fsp3) is 0.333. The summed E-state index contributed by atoms with van der Waals surface area (Å²) < 4.78 is 44.3. The molecule has 4 N–H and O–H groups in total. The van der Waals surface area contributed by atoms with E-state index < -0.39 is 32.7 Å². The summed E-state index contributed by atoms with van der Waals surface area (Å²) in [5, 5.41) is 26.6. The Morgan fingerprint density at radius 1 is 1.47 bits per heavy atom. The Kier molecular flexibility index (Phi) is 6.84. The predicted molar refractivity (Wildman–Crippen MR) is 112 cm³/mol. The Hall–Kier alpha value is -3.38. The Morgan fingerprint density at radius 3 is 2.81 bits per heavy atom. The number of sulfonamides is 1. The SMILES string of the molecule is Cn1cc(S(N)(=O)=O)c(OCCC(O)C#CC2CC2)c1C(=O)Nc1ccc(F)c(C#N)c1. The third-order valence-corrected chi connectivity index (χ3v) is 5.54. The number of nitrogens with two attached hydrogens (primary N) is 1. The minimum absolute atomic E-state index is 0.0865. The molecule has 0 radical (unpaired) electrons. The van der Waals surface area contributed by atoms with Crippen molar-refractivity contribution in [2.45, 2.75) is 30.3 Å². The summed E-state index contributed by atoms with van der Waals surface area (Å²) in [6.07, 6.45) is 2.29. The van der Waals surface area contributed by atoms with Gasteiger partial charge in [0.25, 0.3) is 5.91 Å². The molecule has 1 aliphatic carbocycles. The van der Waals surface area contributed by atoms with Crippen LogP contribution < -0.4 is 15.2 Å². The van der Waals surface area contributed by atoms with Crippen LogP contribution >= 0.6 is 0 Å². The number of rotatable bonds is 7. The molecule has 11 heteroatoms. The maximum Gasteiger partial charge on any atom is 0.276 e. The van der Waals surface area contributed by atoms with Crippen LogP contribution in [0.25, 0.3) is 0 Å². The Morgan fingerprint density at radius 2 is 2.19 bits per heavy atom. The maximum atomic E-state index is 13.5. The van der Waals surface area contributed by atoms with E-state index in [4.69, 9.17) is 15.1 Å². The topological polar surface area (TPSA) is 147 Å². The summed E-state index contributed by atoms with van der Waals surface area (Å²) in [6.45, 7) is -0.123. The Balaban J connectivity index is 1.83. The van der Waals surface area contributed by atoms with E-state index in [1.807, 2.05) is 0 Å². The van der Waals surface area contributed by atoms with E-state index in [9.17, 15) is 22.7 Å². The highest BCUT2D eigenvalue weighted by atomic mass is 32.2. The molecular weight excluding hydrogens is 439 g/mol. The van der Waals surface area contributed by atoms with Gasteiger partial charge < -0.3 is 19.7 Å². The van der Waals surface area contributed by atoms with Crippen LogP contribution in [0.15, 0.2) is 29.3 Å². The van der Waals surface area contributed by atoms with Crippen LogP contribution in [0.3, 0.4) is 0 Å². The molecule has 1 aliphatic rings. The second-order valence-corrected chi connectivity index (χ2v) is 8.83. The lowest BCUT2D eigenvalue weighted by atomic mass is 10.2. The van der Waals surface area contributed by atoms with Gasteiger partial charge in [0.05, 0.1) is 12.2 Å². The van der Waals surface area contributed by atoms with Crippen molar-refractivity contribution in [3.8, 4) is 23.7 Å². The van der Waals surface area contributed by atoms with Gasteiger partial charge in [0, 0.05) is 31.3 Å². The fourth-order valence-corrected chi connectivity index (χ4v) is 3.57. The molecule has 3 rings (SSSR count). The van der Waals surface area contributed by atoms with Gasteiger partial charge in [-0.1, -0.05) is 11.8 Å². The largest absolute Gasteiger partial charge is 0.490 e. The van der Waals surface area contributed by atoms with Crippen molar-refractivity contribution in [1.82, 2.24) is 4.57 Å². The Bertz CT molecular complexity index is 1250. The first-order valence-electron chi connectivity index (χ1n) is 9.65. The molecule has 1 saturated carbocycles. The zero-order valence-corrected chi connectivity index (χ0v) is 17.9. The van der Waals surface area contributed by atoms with Crippen molar-refractivity contribution in [2.24, 2.45) is 18.1 Å². The van der Waals surface area contributed by atoms with Crippen LogP contribution in [0.4, 0.5) is 10.1 Å². The highest BCUT2D eigenvalue weighted by molar-refractivity contribution is 7.89. The number of anilines is 1. The van der Waals surface area contributed by atoms with E-state index in [2.05, 4.69) is 17.2 Å². The third-order valence-electron chi connectivity index (χ3n) is 4.64. The summed E-state index contributed by atoms with van der Waals surface area (Å²) in [4.78, 5) is 12.5. The van der Waals surface area contributed by atoms with Gasteiger partial charge in [-0.25, -0.2) is 17.9 Å². The molecule has 1 unspecified atom stereocenters. The van der Waals surface area contributed by atoms with Gasteiger partial charge in [-0.05, 0) is 31.0 Å². The number of primary sulfonamides is 1. The maximum absolute atomic E-state index is 13.5. The molecule has 1 amide bonds. The van der Waals surface area contributed by atoms with Gasteiger partial charge in [-0.3, -0.25) is 4.79 Å². The number of aryl methyl sites for hydroxylation is 1. The number of aromatic nitrogens is 1. The molecule has 1 atom stereocenters. The predicted octanol–water partition coefficient (Wildman–Crippen LogP) is 1.48. The first-order valence-corrected chi connectivity index (χ1v) is 11.2. The first kappa shape index (κ1) is 23.3. The fourth-order valence-electron chi connectivity index (χ4n) is 2.85. The monoisotopic (exact) mass is 460 g/mol. The number of halogens is 1. The van der Waals surface area contributed by atoms with Gasteiger partial charge in [0.2, 0.25) is 10.0 Å². The Labute approximate surface area is 184 Å². The lowest BCUT2D eigenvalue weighted by Gasteiger charge is -2.12. The highest BCUT2D eigenvalue weighted by Gasteiger charge is 2.28. The average molecular weight is 460 g/mol. The van der Waals surface area contributed by atoms with Crippen molar-refractivity contribution in [2.75, 3.05) is 11.9 Å². The summed E-state index contributed by atoms with van der Waals surface area (Å²) >= 11 is 0. The molecule has 1 heterocycles. The molecule has 1 aromatic carbocycles. The first-order chi connectivity index (χ1) is 15.1. The minimum Gasteiger partial charge on any atom is -0.490 e. The second-order valence-electron chi connectivity index (χ2n) is 7.30. The van der Waals surface area contributed by atoms with Crippen molar-refractivity contribution < 1.29 is 27.4 Å². The van der Waals surface area contributed by atoms with E-state index in [1.165, 1.54) is 17.7 Å². The quantitative estimate of drug-likeness (QED) is 0.533. The number of hydrogen-bond donors (Lipinski definition) is 3. The average Bonchev–Trinajstić information content (AvgIpc) is 3.49. The molecule has 0 aliphatic heterocycles. The van der Waals surface area contributed by atoms with Crippen molar-refractivity contribution in [3.63, 3.8) is 0 Å². The van der Waals surface area contributed by atoms with Gasteiger partial charge >= 0.3 is 0 Å². The molecule has 32 heavy (non-hydrogen) atoms. The van der Waals surface area contributed by atoms with Gasteiger partial charge in [-0.15, -0.1) is 0 Å². The zero-order chi connectivity index (χ0) is 23.5. The molecule has 9 nitrogen and oxygen atoms in total. The smallest absolute Gasteiger partial charge is 0.276 e. The van der Waals surface area contributed by atoms with E-state index in [-0.39, 0.29) is 35.7 Å². The summed E-state index contributed by atoms with van der Waals surface area (Å²) in [5.41, 5.74) is -0.295. The third kappa shape index (κ3) is 5.65. The molecule has 0 spiro atoms. The van der Waals surface area contributed by atoms with Crippen LogP contribution in [-0.4, -0.2) is 36.7 Å². The molecule has 168 valence electrons. The lowest BCUT2D eigenvalue weighted by Crippen LogP contribution is -2.19. The van der Waals surface area contributed by atoms with Crippen LogP contribution in [0, 0.1) is 34.9 Å². The summed E-state index contributed by atoms with van der Waals surface area (Å²) in [5.74, 6) is 4.17. The number of amides is 1. The van der Waals surface area contributed by atoms with E-state index >= 15 is 0 Å². The minimum atomic E-state index is -4.23. The number of nitrogens with zero attached hydrogens (tertiary/aromatic N) is 2. The van der Waals surface area contributed by atoms with Crippen LogP contribution in [-0.2, 0) is 17.1 Å². The van der Waals surface area contributed by atoms with Gasteiger partial charge in [0.15, 0.2) is 11.4 Å². The number of benzene rings is 1. The molecule has 1 aromatic heterocycles. The number of aliphatic hydroxyl groups is 1. The van der Waals surface area contributed by atoms with E-state index in [1.54, 1.807) is 6.07 Å². The van der Waals surface area contributed by atoms with Crippen LogP contribution in [0.5, 0.6) is 5.75 Å². The number of ether oxygens (including phenoxy) is 1. The second kappa shape index (κ2) is 9.40. The van der Waals surface area contributed by atoms with Crippen LogP contribution in [0.1, 0.15) is 35.3 Å². The summed E-state index contributed by atoms with van der Waals surface area (Å²) in [6, 6.07) is 5.09. The lowest BCUT2D eigenvalue weighted by molar-refractivity contribution is 0.101. The van der Waals surface area contributed by atoms with Gasteiger partial charge in [0.1, 0.15) is 22.9 Å². The number of carbonyl (C=O) groups is 1. The number of nitriles is 1. The van der Waals surface area contributed by atoms with Crippen molar-refractivity contribution >= 4 is 21.6 Å². The number of carbonyl (C=O) groups excluding carboxylic acids is 1. The van der Waals surface area contributed by atoms with Crippen LogP contribution in [0.2, 0.25) is 0 Å². The molecule has 2 aromatic rings. The van der Waals surface area contributed by atoms with Crippen molar-refractivity contribution in [3.05, 3.63) is 41.5 Å². The van der Waals surface area contributed by atoms with E-state index in [0.29, 0.717) is 5.92 Å².